The van der Waals surface area contributed by atoms with Crippen LogP contribution in [0.25, 0.3) is 0 Å². The fraction of sp³-hybridized carbons (Fsp3) is 0.692. The summed E-state index contributed by atoms with van der Waals surface area (Å²) in [6.07, 6.45) is 1.57. The molecule has 7 heteroatoms. The van der Waals surface area contributed by atoms with Crippen molar-refractivity contribution in [2.24, 2.45) is 0 Å². The molecule has 0 aromatic carbocycles. The summed E-state index contributed by atoms with van der Waals surface area (Å²) < 4.78 is 33.4. The molecular formula is C13H24N2O4S. The van der Waals surface area contributed by atoms with Gasteiger partial charge in [-0.05, 0) is 19.9 Å². The maximum Gasteiger partial charge on any atom is 0.244 e. The highest BCUT2D eigenvalue weighted by Crippen LogP contribution is 2.19. The molecule has 0 saturated carbocycles. The fourth-order valence-electron chi connectivity index (χ4n) is 2.00. The molecule has 6 nitrogen and oxygen atoms in total. The highest BCUT2D eigenvalue weighted by atomic mass is 32.2. The second-order valence-corrected chi connectivity index (χ2v) is 6.24. The summed E-state index contributed by atoms with van der Waals surface area (Å²) >= 11 is 0. The number of hydrogen-bond donors (Lipinski definition) is 1. The summed E-state index contributed by atoms with van der Waals surface area (Å²) in [5.41, 5.74) is 0.604. The molecule has 0 radical (unpaired) electrons. The van der Waals surface area contributed by atoms with E-state index in [1.807, 2.05) is 13.8 Å². The van der Waals surface area contributed by atoms with Crippen LogP contribution in [0.4, 0.5) is 0 Å². The topological polar surface area (TPSA) is 71.8 Å². The van der Waals surface area contributed by atoms with Crippen molar-refractivity contribution in [1.29, 1.82) is 0 Å². The molecule has 0 spiro atoms. The normalized spacial score (nSPS) is 12.2. The van der Waals surface area contributed by atoms with Crippen molar-refractivity contribution in [1.82, 2.24) is 8.87 Å². The van der Waals surface area contributed by atoms with Gasteiger partial charge >= 0.3 is 0 Å². The van der Waals surface area contributed by atoms with Crippen LogP contribution in [0.1, 0.15) is 26.5 Å². The van der Waals surface area contributed by atoms with Gasteiger partial charge in [0.15, 0.2) is 0 Å². The number of aliphatic hydroxyl groups is 1. The summed E-state index contributed by atoms with van der Waals surface area (Å²) in [6, 6.07) is 1.53. The number of nitrogens with zero attached hydrogens (tertiary/aromatic N) is 2. The SMILES string of the molecule is CCOCCN(CC)S(=O)(=O)c1cc(CO)n(CC)c1. The quantitative estimate of drug-likeness (QED) is 0.692. The van der Waals surface area contributed by atoms with Gasteiger partial charge in [0.1, 0.15) is 4.90 Å². The first-order valence-corrected chi connectivity index (χ1v) is 8.33. The molecular weight excluding hydrogens is 280 g/mol. The summed E-state index contributed by atoms with van der Waals surface area (Å²) in [5.74, 6) is 0. The Kier molecular flexibility index (Phi) is 6.67. The lowest BCUT2D eigenvalue weighted by Crippen LogP contribution is -2.33. The van der Waals surface area contributed by atoms with Crippen LogP contribution in [0.2, 0.25) is 0 Å². The number of aromatic nitrogens is 1. The molecule has 1 heterocycles. The van der Waals surface area contributed by atoms with Gasteiger partial charge in [-0.3, -0.25) is 0 Å². The molecule has 116 valence electrons. The maximum absolute atomic E-state index is 12.5. The van der Waals surface area contributed by atoms with Gasteiger partial charge in [0, 0.05) is 38.1 Å². The van der Waals surface area contributed by atoms with Crippen molar-refractivity contribution >= 4 is 10.0 Å². The van der Waals surface area contributed by atoms with Crippen molar-refractivity contribution in [2.75, 3.05) is 26.3 Å². The van der Waals surface area contributed by atoms with Gasteiger partial charge < -0.3 is 14.4 Å². The van der Waals surface area contributed by atoms with Gasteiger partial charge in [0.05, 0.1) is 13.2 Å². The largest absolute Gasteiger partial charge is 0.390 e. The van der Waals surface area contributed by atoms with Crippen molar-refractivity contribution in [2.45, 2.75) is 38.8 Å². The molecule has 1 aromatic rings. The zero-order chi connectivity index (χ0) is 15.2. The third kappa shape index (κ3) is 3.82. The van der Waals surface area contributed by atoms with E-state index >= 15 is 0 Å². The molecule has 1 aromatic heterocycles. The number of rotatable bonds is 9. The predicted molar refractivity (Wildman–Crippen MR) is 77.0 cm³/mol. The average molecular weight is 304 g/mol. The third-order valence-electron chi connectivity index (χ3n) is 3.14. The first kappa shape index (κ1) is 17.2. The van der Waals surface area contributed by atoms with Crippen LogP contribution in [0.5, 0.6) is 0 Å². The summed E-state index contributed by atoms with van der Waals surface area (Å²) in [7, 11) is -3.53. The van der Waals surface area contributed by atoms with Gasteiger partial charge in [-0.25, -0.2) is 8.42 Å². The lowest BCUT2D eigenvalue weighted by atomic mass is 10.4. The minimum Gasteiger partial charge on any atom is -0.390 e. The number of likely N-dealkylation sites (N-methyl/N-ethyl adjacent to an activating group) is 1. The second-order valence-electron chi connectivity index (χ2n) is 4.30. The molecule has 0 saturated heterocycles. The Balaban J connectivity index is 2.98. The van der Waals surface area contributed by atoms with Crippen LogP contribution >= 0.6 is 0 Å². The minimum absolute atomic E-state index is 0.172. The molecule has 1 N–H and O–H groups in total. The molecule has 0 fully saturated rings. The van der Waals surface area contributed by atoms with E-state index in [2.05, 4.69) is 0 Å². The number of ether oxygens (including phenoxy) is 1. The highest BCUT2D eigenvalue weighted by molar-refractivity contribution is 7.89. The van der Waals surface area contributed by atoms with Gasteiger partial charge in [0.25, 0.3) is 0 Å². The Morgan fingerprint density at radius 3 is 2.50 bits per heavy atom. The van der Waals surface area contributed by atoms with E-state index < -0.39 is 10.0 Å². The Morgan fingerprint density at radius 1 is 1.35 bits per heavy atom. The summed E-state index contributed by atoms with van der Waals surface area (Å²) in [5, 5.41) is 9.25. The number of sulfonamides is 1. The van der Waals surface area contributed by atoms with Crippen molar-refractivity contribution in [3.8, 4) is 0 Å². The monoisotopic (exact) mass is 304 g/mol. The zero-order valence-corrected chi connectivity index (χ0v) is 13.2. The van der Waals surface area contributed by atoms with E-state index in [1.165, 1.54) is 10.4 Å². The summed E-state index contributed by atoms with van der Waals surface area (Å²) in [6.45, 7) is 7.70. The van der Waals surface area contributed by atoms with Crippen molar-refractivity contribution in [3.05, 3.63) is 18.0 Å². The fourth-order valence-corrected chi connectivity index (χ4v) is 3.50. The molecule has 20 heavy (non-hydrogen) atoms. The Hall–Kier alpha value is -0.890. The van der Waals surface area contributed by atoms with Crippen LogP contribution in [0.3, 0.4) is 0 Å². The van der Waals surface area contributed by atoms with E-state index in [1.54, 1.807) is 17.7 Å². The smallest absolute Gasteiger partial charge is 0.244 e. The summed E-state index contributed by atoms with van der Waals surface area (Å²) in [4.78, 5) is 0.224. The molecule has 1 rings (SSSR count). The first-order chi connectivity index (χ1) is 9.51. The molecule has 0 aliphatic carbocycles. The highest BCUT2D eigenvalue weighted by Gasteiger charge is 2.25. The number of hydrogen-bond acceptors (Lipinski definition) is 4. The van der Waals surface area contributed by atoms with Crippen molar-refractivity contribution < 1.29 is 18.3 Å². The first-order valence-electron chi connectivity index (χ1n) is 6.88. The van der Waals surface area contributed by atoms with Crippen LogP contribution < -0.4 is 0 Å². The second kappa shape index (κ2) is 7.78. The molecule has 0 aliphatic rings. The molecule has 0 unspecified atom stereocenters. The van der Waals surface area contributed by atoms with Crippen LogP contribution in [0, 0.1) is 0 Å². The van der Waals surface area contributed by atoms with E-state index in [0.717, 1.165) is 0 Å². The van der Waals surface area contributed by atoms with Crippen LogP contribution in [0.15, 0.2) is 17.2 Å². The van der Waals surface area contributed by atoms with E-state index in [-0.39, 0.29) is 11.5 Å². The Bertz CT molecular complexity index is 489. The zero-order valence-electron chi connectivity index (χ0n) is 12.4. The van der Waals surface area contributed by atoms with E-state index in [4.69, 9.17) is 4.74 Å². The number of aryl methyl sites for hydroxylation is 1. The van der Waals surface area contributed by atoms with Crippen LogP contribution in [-0.4, -0.2) is 48.7 Å². The minimum atomic E-state index is -3.53. The van der Waals surface area contributed by atoms with Gasteiger partial charge in [-0.15, -0.1) is 0 Å². The number of aliphatic hydroxyl groups excluding tert-OH is 1. The van der Waals surface area contributed by atoms with Gasteiger partial charge in [-0.1, -0.05) is 6.92 Å². The Labute approximate surface area is 121 Å². The maximum atomic E-state index is 12.5. The molecule has 0 bridgehead atoms. The van der Waals surface area contributed by atoms with Crippen molar-refractivity contribution in [3.63, 3.8) is 0 Å². The van der Waals surface area contributed by atoms with Gasteiger partial charge in [0.2, 0.25) is 10.0 Å². The average Bonchev–Trinajstić information content (AvgIpc) is 2.87. The predicted octanol–water partition coefficient (Wildman–Crippen LogP) is 1.05. The van der Waals surface area contributed by atoms with Gasteiger partial charge in [-0.2, -0.15) is 4.31 Å². The molecule has 0 amide bonds. The Morgan fingerprint density at radius 2 is 2.05 bits per heavy atom. The molecule has 0 atom stereocenters. The van der Waals surface area contributed by atoms with Crippen LogP contribution in [-0.2, 0) is 27.9 Å². The lowest BCUT2D eigenvalue weighted by molar-refractivity contribution is 0.135. The standard InChI is InChI=1S/C13H24N2O4S/c1-4-14-10-13(9-12(14)11-16)20(17,18)15(5-2)7-8-19-6-3/h9-10,16H,4-8,11H2,1-3H3. The van der Waals surface area contributed by atoms with E-state index in [0.29, 0.717) is 38.5 Å². The molecule has 0 aliphatic heterocycles. The third-order valence-corrected chi connectivity index (χ3v) is 5.08. The lowest BCUT2D eigenvalue weighted by Gasteiger charge is -2.19. The van der Waals surface area contributed by atoms with E-state index in [9.17, 15) is 13.5 Å².